The zero-order chi connectivity index (χ0) is 14.8. The van der Waals surface area contributed by atoms with E-state index in [4.69, 9.17) is 10.00 Å². The first-order valence-corrected chi connectivity index (χ1v) is 6.73. The topological polar surface area (TPSA) is 91.1 Å². The van der Waals surface area contributed by atoms with Crippen LogP contribution in [0.4, 0.5) is 5.82 Å². The van der Waals surface area contributed by atoms with Crippen molar-refractivity contribution in [1.82, 2.24) is 9.97 Å². The number of aromatic nitrogens is 2. The highest BCUT2D eigenvalue weighted by atomic mass is 16.5. The van der Waals surface area contributed by atoms with Crippen molar-refractivity contribution < 1.29 is 9.84 Å². The minimum atomic E-state index is -0.831. The number of rotatable bonds is 5. The van der Waals surface area contributed by atoms with Crippen LogP contribution < -0.4 is 5.32 Å². The van der Waals surface area contributed by atoms with Crippen molar-refractivity contribution in [3.63, 3.8) is 0 Å². The number of anilines is 1. The van der Waals surface area contributed by atoms with Gasteiger partial charge in [-0.1, -0.05) is 13.8 Å². The van der Waals surface area contributed by atoms with Crippen LogP contribution in [0, 0.1) is 16.7 Å². The second-order valence-corrected chi connectivity index (χ2v) is 5.65. The summed E-state index contributed by atoms with van der Waals surface area (Å²) in [5.74, 6) is 0.549. The van der Waals surface area contributed by atoms with Crippen LogP contribution in [0.1, 0.15) is 32.9 Å². The molecule has 0 aromatic carbocycles. The fraction of sp³-hybridized carbons (Fsp3) is 0.643. The maximum atomic E-state index is 10.7. The van der Waals surface area contributed by atoms with Gasteiger partial charge in [-0.2, -0.15) is 5.26 Å². The van der Waals surface area contributed by atoms with E-state index in [0.29, 0.717) is 25.4 Å². The fourth-order valence-electron chi connectivity index (χ4n) is 2.48. The van der Waals surface area contributed by atoms with Crippen LogP contribution in [0.15, 0.2) is 12.4 Å². The highest BCUT2D eigenvalue weighted by Gasteiger charge is 2.59. The Kier molecular flexibility index (Phi) is 3.93. The monoisotopic (exact) mass is 276 g/mol. The summed E-state index contributed by atoms with van der Waals surface area (Å²) in [5, 5.41) is 22.4. The molecule has 1 fully saturated rings. The lowest BCUT2D eigenvalue weighted by atomic mass is 9.56. The summed E-state index contributed by atoms with van der Waals surface area (Å²) in [5.41, 5.74) is -0.868. The molecule has 0 bridgehead atoms. The quantitative estimate of drug-likeness (QED) is 0.843. The van der Waals surface area contributed by atoms with Gasteiger partial charge in [-0.05, 0) is 6.92 Å². The van der Waals surface area contributed by atoms with Gasteiger partial charge < -0.3 is 15.2 Å². The third-order valence-electron chi connectivity index (χ3n) is 4.22. The minimum Gasteiger partial charge on any atom is -0.387 e. The molecule has 1 aromatic heterocycles. The molecule has 0 spiro atoms. The van der Waals surface area contributed by atoms with E-state index in [-0.39, 0.29) is 17.2 Å². The summed E-state index contributed by atoms with van der Waals surface area (Å²) in [7, 11) is 0. The van der Waals surface area contributed by atoms with E-state index in [1.807, 2.05) is 26.8 Å². The maximum Gasteiger partial charge on any atom is 0.158 e. The Morgan fingerprint density at radius 1 is 1.50 bits per heavy atom. The van der Waals surface area contributed by atoms with Crippen LogP contribution in [0.5, 0.6) is 0 Å². The second kappa shape index (κ2) is 5.35. The van der Waals surface area contributed by atoms with Crippen molar-refractivity contribution in [2.24, 2.45) is 5.41 Å². The van der Waals surface area contributed by atoms with E-state index in [9.17, 15) is 5.11 Å². The highest BCUT2D eigenvalue weighted by Crippen LogP contribution is 2.51. The number of hydrogen-bond donors (Lipinski definition) is 2. The fourth-order valence-corrected chi connectivity index (χ4v) is 2.48. The van der Waals surface area contributed by atoms with Gasteiger partial charge in [0.25, 0.3) is 0 Å². The number of nitrogens with zero attached hydrogens (tertiary/aromatic N) is 3. The molecule has 0 radical (unpaired) electrons. The van der Waals surface area contributed by atoms with E-state index in [1.54, 1.807) is 0 Å². The Hall–Kier alpha value is -1.71. The Balaban J connectivity index is 1.95. The zero-order valence-corrected chi connectivity index (χ0v) is 12.1. The lowest BCUT2D eigenvalue weighted by Crippen LogP contribution is -2.67. The summed E-state index contributed by atoms with van der Waals surface area (Å²) in [6, 6.07) is 1.91. The standard InChI is InChI=1S/C14H20N4O2/c1-4-20-11-5-14(19,13(11,2)3)9-18-12-8-16-10(6-15)7-17-12/h7-8,11,19H,4-5,9H2,1-3H3,(H,17,18)/t11-,14-/m0/s1. The molecule has 6 heteroatoms. The van der Waals surface area contributed by atoms with Crippen molar-refractivity contribution in [2.75, 3.05) is 18.5 Å². The Bertz CT molecular complexity index is 509. The van der Waals surface area contributed by atoms with Gasteiger partial charge in [0.15, 0.2) is 5.69 Å². The molecule has 0 unspecified atom stereocenters. The predicted octanol–water partition coefficient (Wildman–Crippen LogP) is 1.33. The molecule has 0 amide bonds. The van der Waals surface area contributed by atoms with Crippen LogP contribution in [0.2, 0.25) is 0 Å². The zero-order valence-electron chi connectivity index (χ0n) is 12.1. The predicted molar refractivity (Wildman–Crippen MR) is 74.0 cm³/mol. The molecule has 108 valence electrons. The molecular weight excluding hydrogens is 256 g/mol. The van der Waals surface area contributed by atoms with Crippen LogP contribution in [-0.4, -0.2) is 39.9 Å². The van der Waals surface area contributed by atoms with Gasteiger partial charge in [0, 0.05) is 25.0 Å². The molecule has 6 nitrogen and oxygen atoms in total. The van der Waals surface area contributed by atoms with Crippen LogP contribution >= 0.6 is 0 Å². The number of ether oxygens (including phenoxy) is 1. The van der Waals surface area contributed by atoms with Crippen LogP contribution in [-0.2, 0) is 4.74 Å². The van der Waals surface area contributed by atoms with Crippen molar-refractivity contribution in [3.05, 3.63) is 18.1 Å². The van der Waals surface area contributed by atoms with Gasteiger partial charge in [0.05, 0.1) is 24.1 Å². The van der Waals surface area contributed by atoms with Crippen molar-refractivity contribution >= 4 is 5.82 Å². The minimum absolute atomic E-state index is 0.0753. The molecule has 2 N–H and O–H groups in total. The van der Waals surface area contributed by atoms with Gasteiger partial charge in [-0.25, -0.2) is 9.97 Å². The van der Waals surface area contributed by atoms with Crippen LogP contribution in [0.3, 0.4) is 0 Å². The lowest BCUT2D eigenvalue weighted by molar-refractivity contribution is -0.233. The third kappa shape index (κ3) is 2.47. The molecular formula is C14H20N4O2. The van der Waals surface area contributed by atoms with E-state index in [1.165, 1.54) is 12.4 Å². The smallest absolute Gasteiger partial charge is 0.158 e. The van der Waals surface area contributed by atoms with Crippen LogP contribution in [0.25, 0.3) is 0 Å². The lowest BCUT2D eigenvalue weighted by Gasteiger charge is -2.58. The largest absolute Gasteiger partial charge is 0.387 e. The van der Waals surface area contributed by atoms with Crippen molar-refractivity contribution in [3.8, 4) is 6.07 Å². The van der Waals surface area contributed by atoms with Crippen molar-refractivity contribution in [2.45, 2.75) is 38.9 Å². The van der Waals surface area contributed by atoms with Crippen molar-refractivity contribution in [1.29, 1.82) is 5.26 Å². The summed E-state index contributed by atoms with van der Waals surface area (Å²) < 4.78 is 5.62. The van der Waals surface area contributed by atoms with Gasteiger partial charge in [-0.3, -0.25) is 0 Å². The molecule has 1 aromatic rings. The summed E-state index contributed by atoms with van der Waals surface area (Å²) in [6.45, 7) is 6.99. The maximum absolute atomic E-state index is 10.7. The first-order valence-electron chi connectivity index (χ1n) is 6.73. The summed E-state index contributed by atoms with van der Waals surface area (Å²) in [4.78, 5) is 8.01. The molecule has 0 saturated heterocycles. The molecule has 1 heterocycles. The Morgan fingerprint density at radius 2 is 2.25 bits per heavy atom. The Morgan fingerprint density at radius 3 is 2.75 bits per heavy atom. The molecule has 2 atom stereocenters. The SMILES string of the molecule is CCO[C@H]1C[C@](O)(CNc2cnc(C#N)cn2)C1(C)C. The van der Waals surface area contributed by atoms with E-state index in [0.717, 1.165) is 0 Å². The molecule has 20 heavy (non-hydrogen) atoms. The summed E-state index contributed by atoms with van der Waals surface area (Å²) >= 11 is 0. The number of nitrogens with one attached hydrogen (secondary N) is 1. The molecule has 1 saturated carbocycles. The average Bonchev–Trinajstić information content (AvgIpc) is 2.45. The van der Waals surface area contributed by atoms with E-state index >= 15 is 0 Å². The van der Waals surface area contributed by atoms with E-state index in [2.05, 4.69) is 15.3 Å². The van der Waals surface area contributed by atoms with Gasteiger partial charge >= 0.3 is 0 Å². The van der Waals surface area contributed by atoms with Gasteiger partial charge in [0.1, 0.15) is 11.9 Å². The van der Waals surface area contributed by atoms with Gasteiger partial charge in [0.2, 0.25) is 0 Å². The first-order chi connectivity index (χ1) is 9.43. The summed E-state index contributed by atoms with van der Waals surface area (Å²) in [6.07, 6.45) is 3.57. The third-order valence-corrected chi connectivity index (χ3v) is 4.22. The molecule has 1 aliphatic rings. The second-order valence-electron chi connectivity index (χ2n) is 5.65. The van der Waals surface area contributed by atoms with Gasteiger partial charge in [-0.15, -0.1) is 0 Å². The normalized spacial score (nSPS) is 27.4. The average molecular weight is 276 g/mol. The number of nitriles is 1. The highest BCUT2D eigenvalue weighted by molar-refractivity contribution is 5.34. The number of hydrogen-bond acceptors (Lipinski definition) is 6. The Labute approximate surface area is 118 Å². The van der Waals surface area contributed by atoms with E-state index < -0.39 is 5.60 Å². The number of aliphatic hydroxyl groups is 1. The first kappa shape index (κ1) is 14.7. The molecule has 1 aliphatic carbocycles. The molecule has 2 rings (SSSR count). The molecule has 0 aliphatic heterocycles.